The van der Waals surface area contributed by atoms with Crippen LogP contribution in [0.2, 0.25) is 0 Å². The molecule has 5 rings (SSSR count). The zero-order valence-electron chi connectivity index (χ0n) is 22.8. The molecule has 2 aromatic carbocycles. The summed E-state index contributed by atoms with van der Waals surface area (Å²) in [4.78, 5) is 53.4. The summed E-state index contributed by atoms with van der Waals surface area (Å²) >= 11 is 0. The number of urea groups is 1. The van der Waals surface area contributed by atoms with Gasteiger partial charge in [-0.2, -0.15) is 0 Å². The molecule has 220 valence electrons. The molecule has 3 aliphatic carbocycles. The predicted molar refractivity (Wildman–Crippen MR) is 149 cm³/mol. The molecule has 0 radical (unpaired) electrons. The highest BCUT2D eigenvalue weighted by atomic mass is 16.4. The number of hydrogen-bond donors (Lipinski definition) is 8. The molecule has 6 unspecified atom stereocenters. The van der Waals surface area contributed by atoms with Gasteiger partial charge >= 0.3 is 6.03 Å². The fraction of sp³-hybridized carbons (Fsp3) is 0.310. The number of carbonyl (C=O) groups is 4. The number of Topliss-reactive ketones (excluding diaryl/α,β-unsaturated/α-hetero) is 2. The Labute approximate surface area is 239 Å². The second-order valence-corrected chi connectivity index (χ2v) is 10.9. The minimum absolute atomic E-state index is 0.139. The molecule has 0 heterocycles. The van der Waals surface area contributed by atoms with Crippen LogP contribution in [-0.2, 0) is 9.59 Å². The number of fused-ring (bicyclic) bond motifs is 3. The van der Waals surface area contributed by atoms with E-state index in [9.17, 15) is 44.7 Å². The molecular weight excluding hydrogens is 548 g/mol. The summed E-state index contributed by atoms with van der Waals surface area (Å²) in [6, 6.07) is 9.27. The number of phenolic OH excluding ortho intramolecular Hbond substituents is 1. The molecule has 13 heteroatoms. The van der Waals surface area contributed by atoms with E-state index in [1.807, 2.05) is 0 Å². The summed E-state index contributed by atoms with van der Waals surface area (Å²) in [6.45, 7) is 1.62. The Kier molecular flexibility index (Phi) is 6.84. The van der Waals surface area contributed by atoms with Crippen LogP contribution in [0.3, 0.4) is 0 Å². The van der Waals surface area contributed by atoms with Gasteiger partial charge in [-0.3, -0.25) is 19.3 Å². The van der Waals surface area contributed by atoms with Gasteiger partial charge in [0, 0.05) is 17.2 Å². The highest BCUT2D eigenvalue weighted by Crippen LogP contribution is 2.56. The fourth-order valence-electron chi connectivity index (χ4n) is 6.53. The number of rotatable bonds is 4. The third-order valence-corrected chi connectivity index (χ3v) is 8.41. The van der Waals surface area contributed by atoms with Gasteiger partial charge in [0.25, 0.3) is 5.91 Å². The Morgan fingerprint density at radius 3 is 2.24 bits per heavy atom. The number of benzene rings is 2. The summed E-state index contributed by atoms with van der Waals surface area (Å²) in [7, 11) is 2.92. The SMILES string of the molecule is CC1c2ccc(NC(=O)Nc3ccccc3)c(O)c2C(=O)C2=C(O)C3(O)C(=O)C(C(N)=O)=C(O)C(N(C)C)C3C(O)C21. The number of aliphatic hydroxyl groups is 4. The van der Waals surface area contributed by atoms with Crippen LogP contribution in [0.4, 0.5) is 16.2 Å². The number of phenols is 1. The van der Waals surface area contributed by atoms with E-state index in [1.54, 1.807) is 37.3 Å². The first-order chi connectivity index (χ1) is 19.7. The summed E-state index contributed by atoms with van der Waals surface area (Å²) < 4.78 is 0. The number of carbonyl (C=O) groups excluding carboxylic acids is 4. The van der Waals surface area contributed by atoms with Crippen LogP contribution in [0.25, 0.3) is 0 Å². The predicted octanol–water partition coefficient (Wildman–Crippen LogP) is 1.30. The minimum Gasteiger partial charge on any atom is -0.510 e. The summed E-state index contributed by atoms with van der Waals surface area (Å²) in [5, 5.41) is 61.9. The van der Waals surface area contributed by atoms with Gasteiger partial charge in [0.05, 0.1) is 29.3 Å². The number of aliphatic hydroxyl groups excluding tert-OH is 3. The lowest BCUT2D eigenvalue weighted by Crippen LogP contribution is -2.68. The van der Waals surface area contributed by atoms with Crippen LogP contribution in [0.1, 0.15) is 28.8 Å². The number of aromatic hydroxyl groups is 1. The van der Waals surface area contributed by atoms with Gasteiger partial charge in [-0.25, -0.2) is 4.79 Å². The van der Waals surface area contributed by atoms with Gasteiger partial charge in [0.2, 0.25) is 5.78 Å². The number of hydrogen-bond acceptors (Lipinski definition) is 10. The third kappa shape index (κ3) is 3.96. The quantitative estimate of drug-likeness (QED) is 0.192. The Morgan fingerprint density at radius 1 is 1.00 bits per heavy atom. The van der Waals surface area contributed by atoms with Crippen LogP contribution in [-0.4, -0.2) is 85.8 Å². The van der Waals surface area contributed by atoms with E-state index >= 15 is 0 Å². The van der Waals surface area contributed by atoms with Crippen molar-refractivity contribution in [2.75, 3.05) is 24.7 Å². The summed E-state index contributed by atoms with van der Waals surface area (Å²) in [5.41, 5.74) is 1.10. The second kappa shape index (κ2) is 9.98. The monoisotopic (exact) mass is 578 g/mol. The maximum absolute atomic E-state index is 13.9. The van der Waals surface area contributed by atoms with E-state index in [0.717, 1.165) is 0 Å². The molecule has 3 amide bonds. The number of primary amides is 1. The number of nitrogens with two attached hydrogens (primary N) is 1. The van der Waals surface area contributed by atoms with Crippen molar-refractivity contribution in [3.8, 4) is 5.75 Å². The Morgan fingerprint density at radius 2 is 1.64 bits per heavy atom. The van der Waals surface area contributed by atoms with Crippen molar-refractivity contribution in [2.45, 2.75) is 30.6 Å². The van der Waals surface area contributed by atoms with Crippen molar-refractivity contribution in [1.82, 2.24) is 4.90 Å². The number of likely N-dealkylation sites (N-methyl/N-ethyl adjacent to an activating group) is 1. The molecule has 0 spiro atoms. The van der Waals surface area contributed by atoms with Gasteiger partial charge in [-0.15, -0.1) is 0 Å². The van der Waals surface area contributed by atoms with Gasteiger partial charge in [-0.05, 0) is 43.8 Å². The second-order valence-electron chi connectivity index (χ2n) is 10.9. The van der Waals surface area contributed by atoms with E-state index in [2.05, 4.69) is 10.6 Å². The first-order valence-corrected chi connectivity index (χ1v) is 13.0. The summed E-state index contributed by atoms with van der Waals surface area (Å²) in [6.07, 6.45) is -1.70. The van der Waals surface area contributed by atoms with Gasteiger partial charge in [-0.1, -0.05) is 31.2 Å². The molecule has 0 aromatic heterocycles. The van der Waals surface area contributed by atoms with Crippen molar-refractivity contribution in [3.63, 3.8) is 0 Å². The largest absolute Gasteiger partial charge is 0.510 e. The van der Waals surface area contributed by atoms with Crippen LogP contribution < -0.4 is 16.4 Å². The highest BCUT2D eigenvalue weighted by Gasteiger charge is 2.67. The lowest BCUT2D eigenvalue weighted by atomic mass is 9.55. The maximum atomic E-state index is 13.9. The topological polar surface area (TPSA) is 223 Å². The molecule has 0 saturated heterocycles. The lowest BCUT2D eigenvalue weighted by molar-refractivity contribution is -0.162. The van der Waals surface area contributed by atoms with Crippen LogP contribution in [0.15, 0.2) is 65.1 Å². The number of nitrogens with one attached hydrogen (secondary N) is 2. The molecule has 2 aromatic rings. The van der Waals surface area contributed by atoms with E-state index < -0.39 is 87.4 Å². The molecule has 0 aliphatic heterocycles. The first kappa shape index (κ1) is 28.8. The molecule has 3 aliphatic rings. The highest BCUT2D eigenvalue weighted by molar-refractivity contribution is 6.25. The average Bonchev–Trinajstić information content (AvgIpc) is 2.92. The first-order valence-electron chi connectivity index (χ1n) is 13.0. The van der Waals surface area contributed by atoms with Crippen molar-refractivity contribution in [1.29, 1.82) is 0 Å². The molecule has 0 saturated carbocycles. The van der Waals surface area contributed by atoms with Crippen molar-refractivity contribution in [2.24, 2.45) is 17.6 Å². The van der Waals surface area contributed by atoms with Crippen LogP contribution in [0.5, 0.6) is 5.75 Å². The van der Waals surface area contributed by atoms with Crippen molar-refractivity contribution >= 4 is 34.9 Å². The van der Waals surface area contributed by atoms with Crippen LogP contribution in [0, 0.1) is 11.8 Å². The molecule has 9 N–H and O–H groups in total. The van der Waals surface area contributed by atoms with E-state index in [-0.39, 0.29) is 16.8 Å². The Hall–Kier alpha value is -4.72. The smallest absolute Gasteiger partial charge is 0.323 e. The molecule has 13 nitrogen and oxygen atoms in total. The zero-order chi connectivity index (χ0) is 30.8. The number of nitrogens with zero attached hydrogens (tertiary/aromatic N) is 1. The normalized spacial score (nSPS) is 28.7. The standard InChI is InChI=1S/C29H30N4O9/c1-11-13-9-10-14(32-28(41)31-12-7-5-4-6-8-12)21(34)16(13)22(35)17-15(11)23(36)19-20(33(2)3)24(37)18(27(30)40)26(39)29(19,42)25(17)38/h4-11,15,19-20,23,34,36-38,42H,1-3H3,(H2,30,40)(H2,31,32,41). The van der Waals surface area contributed by atoms with Gasteiger partial charge in [0.15, 0.2) is 17.1 Å². The van der Waals surface area contributed by atoms with Crippen molar-refractivity contribution < 1.29 is 44.7 Å². The third-order valence-electron chi connectivity index (χ3n) is 8.41. The minimum atomic E-state index is -3.01. The lowest BCUT2D eigenvalue weighted by Gasteiger charge is -2.53. The number of anilines is 2. The fourth-order valence-corrected chi connectivity index (χ4v) is 6.53. The number of para-hydroxylation sites is 1. The maximum Gasteiger partial charge on any atom is 0.323 e. The molecule has 6 atom stereocenters. The van der Waals surface area contributed by atoms with Crippen LogP contribution >= 0.6 is 0 Å². The molecule has 42 heavy (non-hydrogen) atoms. The molecule has 0 fully saturated rings. The van der Waals surface area contributed by atoms with E-state index in [4.69, 9.17) is 5.73 Å². The molecular formula is C29H30N4O9. The van der Waals surface area contributed by atoms with Crippen molar-refractivity contribution in [3.05, 3.63) is 76.3 Å². The van der Waals surface area contributed by atoms with E-state index in [1.165, 1.54) is 31.1 Å². The Balaban J connectivity index is 1.63. The molecule has 0 bridgehead atoms. The van der Waals surface area contributed by atoms with Gasteiger partial charge in [0.1, 0.15) is 17.1 Å². The van der Waals surface area contributed by atoms with E-state index in [0.29, 0.717) is 5.69 Å². The Bertz CT molecular complexity index is 1600. The average molecular weight is 579 g/mol. The number of amides is 3. The summed E-state index contributed by atoms with van der Waals surface area (Å²) in [5.74, 6) is -9.94. The zero-order valence-corrected chi connectivity index (χ0v) is 22.8. The number of ketones is 2. The van der Waals surface area contributed by atoms with Gasteiger partial charge < -0.3 is 41.9 Å².